The number of nitrogens with zero attached hydrogens (tertiary/aromatic N) is 1. The molecule has 0 radical (unpaired) electrons. The van der Waals surface area contributed by atoms with Crippen molar-refractivity contribution < 1.29 is 0 Å². The molecule has 0 fully saturated rings. The minimum Gasteiger partial charge on any atom is -0.311 e. The van der Waals surface area contributed by atoms with Crippen molar-refractivity contribution in [2.24, 2.45) is 0 Å². The lowest BCUT2D eigenvalue weighted by molar-refractivity contribution is 0.497. The van der Waals surface area contributed by atoms with Crippen LogP contribution in [0.3, 0.4) is 0 Å². The van der Waals surface area contributed by atoms with Gasteiger partial charge in [0.1, 0.15) is 0 Å². The molecule has 242 valence electrons. The van der Waals surface area contributed by atoms with Crippen molar-refractivity contribution in [2.45, 2.75) is 58.3 Å². The van der Waals surface area contributed by atoms with Gasteiger partial charge in [-0.3, -0.25) is 0 Å². The van der Waals surface area contributed by atoms with Gasteiger partial charge in [0.15, 0.2) is 0 Å². The van der Waals surface area contributed by atoms with Crippen LogP contribution < -0.4 is 4.90 Å². The van der Waals surface area contributed by atoms with Crippen LogP contribution in [0.5, 0.6) is 0 Å². The summed E-state index contributed by atoms with van der Waals surface area (Å²) in [5.41, 5.74) is 9.60. The molecule has 0 bridgehead atoms. The number of aryl methyl sites for hydroxylation is 1. The Labute approximate surface area is 289 Å². The molecule has 5 aromatic carbocycles. The average Bonchev–Trinajstić information content (AvgIpc) is 3.13. The third-order valence-corrected chi connectivity index (χ3v) is 9.45. The molecule has 5 aromatic rings. The lowest BCUT2D eigenvalue weighted by Gasteiger charge is -2.31. The van der Waals surface area contributed by atoms with E-state index in [-0.39, 0.29) is 10.8 Å². The number of rotatable bonds is 13. The fraction of sp³-hybridized carbons (Fsp3) is 0.191. The number of anilines is 3. The number of benzene rings is 5. The maximum atomic E-state index is 2.38. The summed E-state index contributed by atoms with van der Waals surface area (Å²) in [4.78, 5) is 2.36. The summed E-state index contributed by atoms with van der Waals surface area (Å²) in [5, 5.41) is 0. The lowest BCUT2D eigenvalue weighted by atomic mass is 9.75. The molecule has 48 heavy (non-hydrogen) atoms. The van der Waals surface area contributed by atoms with Gasteiger partial charge in [-0.15, -0.1) is 0 Å². The second-order valence-electron chi connectivity index (χ2n) is 13.1. The first-order valence-electron chi connectivity index (χ1n) is 17.2. The summed E-state index contributed by atoms with van der Waals surface area (Å²) in [7, 11) is 0. The van der Waals surface area contributed by atoms with E-state index in [0.29, 0.717) is 0 Å². The van der Waals surface area contributed by atoms with Crippen LogP contribution in [0.4, 0.5) is 17.1 Å². The molecule has 0 aliphatic rings. The van der Waals surface area contributed by atoms with Crippen molar-refractivity contribution >= 4 is 29.2 Å². The molecule has 1 nitrogen and oxygen atoms in total. The van der Waals surface area contributed by atoms with Gasteiger partial charge in [0, 0.05) is 27.9 Å². The second-order valence-corrected chi connectivity index (χ2v) is 13.1. The molecule has 0 unspecified atom stereocenters. The van der Waals surface area contributed by atoms with Gasteiger partial charge in [0.2, 0.25) is 0 Å². The molecule has 0 amide bonds. The van der Waals surface area contributed by atoms with Crippen LogP contribution in [0, 0.1) is 6.92 Å². The van der Waals surface area contributed by atoms with Gasteiger partial charge in [-0.2, -0.15) is 0 Å². The first-order chi connectivity index (χ1) is 23.3. The van der Waals surface area contributed by atoms with Crippen molar-refractivity contribution in [1.82, 2.24) is 0 Å². The quantitative estimate of drug-likeness (QED) is 0.117. The summed E-state index contributed by atoms with van der Waals surface area (Å²) >= 11 is 0. The van der Waals surface area contributed by atoms with Crippen LogP contribution >= 0.6 is 0 Å². The van der Waals surface area contributed by atoms with Crippen LogP contribution in [0.2, 0.25) is 0 Å². The molecule has 0 saturated carbocycles. The van der Waals surface area contributed by atoms with Crippen molar-refractivity contribution in [2.75, 3.05) is 4.90 Å². The molecule has 0 aliphatic heterocycles. The van der Waals surface area contributed by atoms with Gasteiger partial charge in [-0.25, -0.2) is 0 Å². The average molecular weight is 628 g/mol. The van der Waals surface area contributed by atoms with Crippen molar-refractivity contribution in [1.29, 1.82) is 0 Å². The van der Waals surface area contributed by atoms with Crippen molar-refractivity contribution in [3.63, 3.8) is 0 Å². The maximum absolute atomic E-state index is 2.38. The molecular formula is C47H49N. The summed E-state index contributed by atoms with van der Waals surface area (Å²) in [6.07, 6.45) is 19.7. The Bertz CT molecular complexity index is 1820. The number of hydrogen-bond donors (Lipinski definition) is 0. The molecule has 5 rings (SSSR count). The highest BCUT2D eigenvalue weighted by Crippen LogP contribution is 2.39. The molecule has 0 spiro atoms. The highest BCUT2D eigenvalue weighted by Gasteiger charge is 2.25. The molecule has 1 heteroatoms. The van der Waals surface area contributed by atoms with Crippen LogP contribution in [-0.2, 0) is 10.8 Å². The summed E-state index contributed by atoms with van der Waals surface area (Å²) < 4.78 is 0. The number of hydrogen-bond acceptors (Lipinski definition) is 1. The van der Waals surface area contributed by atoms with Crippen molar-refractivity contribution in [3.8, 4) is 0 Å². The standard InChI is InChI=1S/C47H49N/c1-6-47(7-2,37-17-15-23-40-20-12-9-13-21-40)42-28-34-45(35-29-42)48(43-30-24-38(3)25-31-43)44-32-26-41(27-33-44)46(4,5)36-16-14-22-39-18-10-8-11-19-39/h8-37H,6-7H2,1-5H3. The monoisotopic (exact) mass is 627 g/mol. The van der Waals surface area contributed by atoms with Gasteiger partial charge < -0.3 is 4.90 Å². The van der Waals surface area contributed by atoms with E-state index >= 15 is 0 Å². The Morgan fingerprint density at radius 3 is 1.35 bits per heavy atom. The third-order valence-electron chi connectivity index (χ3n) is 9.45. The fourth-order valence-corrected chi connectivity index (χ4v) is 6.21. The fourth-order valence-electron chi connectivity index (χ4n) is 6.21. The van der Waals surface area contributed by atoms with Gasteiger partial charge in [-0.05, 0) is 78.4 Å². The molecular weight excluding hydrogens is 579 g/mol. The Morgan fingerprint density at radius 1 is 0.479 bits per heavy atom. The van der Waals surface area contributed by atoms with E-state index < -0.39 is 0 Å². The molecule has 0 aromatic heterocycles. The SMILES string of the molecule is CCC(C=CC=Cc1ccccc1)(CC)c1ccc(N(c2ccc(C)cc2)c2ccc(C(C)(C)C=CC=Cc3ccccc3)cc2)cc1. The largest absolute Gasteiger partial charge is 0.311 e. The zero-order valence-electron chi connectivity index (χ0n) is 29.2. The van der Waals surface area contributed by atoms with Gasteiger partial charge in [0.05, 0.1) is 0 Å². The lowest BCUT2D eigenvalue weighted by Crippen LogP contribution is -2.21. The van der Waals surface area contributed by atoms with E-state index in [0.717, 1.165) is 29.9 Å². The summed E-state index contributed by atoms with van der Waals surface area (Å²) in [6, 6.07) is 47.9. The Kier molecular flexibility index (Phi) is 11.5. The molecule has 0 N–H and O–H groups in total. The molecule has 0 atom stereocenters. The molecule has 0 aliphatic carbocycles. The van der Waals surface area contributed by atoms with Gasteiger partial charge in [-0.1, -0.05) is 179 Å². The Morgan fingerprint density at radius 2 is 0.896 bits per heavy atom. The maximum Gasteiger partial charge on any atom is 0.0461 e. The van der Waals surface area contributed by atoms with E-state index in [9.17, 15) is 0 Å². The Balaban J connectivity index is 1.40. The van der Waals surface area contributed by atoms with E-state index in [2.05, 4.69) is 216 Å². The van der Waals surface area contributed by atoms with E-state index in [1.807, 2.05) is 6.07 Å². The van der Waals surface area contributed by atoms with E-state index in [4.69, 9.17) is 0 Å². The van der Waals surface area contributed by atoms with E-state index in [1.165, 1.54) is 27.8 Å². The Hall–Kier alpha value is -5.14. The highest BCUT2D eigenvalue weighted by molar-refractivity contribution is 5.77. The summed E-state index contributed by atoms with van der Waals surface area (Å²) in [6.45, 7) is 11.3. The van der Waals surface area contributed by atoms with Crippen LogP contribution in [0.15, 0.2) is 170 Å². The van der Waals surface area contributed by atoms with Crippen LogP contribution in [-0.4, -0.2) is 0 Å². The zero-order valence-corrected chi connectivity index (χ0v) is 29.2. The smallest absolute Gasteiger partial charge is 0.0461 e. The predicted octanol–water partition coefficient (Wildman–Crippen LogP) is 13.3. The van der Waals surface area contributed by atoms with Crippen LogP contribution in [0.1, 0.15) is 68.4 Å². The van der Waals surface area contributed by atoms with Gasteiger partial charge >= 0.3 is 0 Å². The normalized spacial score (nSPS) is 12.5. The van der Waals surface area contributed by atoms with E-state index in [1.54, 1.807) is 0 Å². The third kappa shape index (κ3) is 8.60. The zero-order chi connectivity index (χ0) is 33.8. The highest BCUT2D eigenvalue weighted by atomic mass is 15.1. The molecule has 0 heterocycles. The summed E-state index contributed by atoms with van der Waals surface area (Å²) in [5.74, 6) is 0. The van der Waals surface area contributed by atoms with Crippen molar-refractivity contribution in [3.05, 3.63) is 198 Å². The van der Waals surface area contributed by atoms with Gasteiger partial charge in [0.25, 0.3) is 0 Å². The first kappa shape index (κ1) is 34.2. The minimum atomic E-state index is -0.108. The topological polar surface area (TPSA) is 3.24 Å². The second kappa shape index (κ2) is 16.1. The number of allylic oxidation sites excluding steroid dienone is 6. The first-order valence-corrected chi connectivity index (χ1v) is 17.2. The predicted molar refractivity (Wildman–Crippen MR) is 210 cm³/mol. The minimum absolute atomic E-state index is 0.0225. The van der Waals surface area contributed by atoms with Crippen LogP contribution in [0.25, 0.3) is 12.2 Å². The molecule has 0 saturated heterocycles.